The van der Waals surface area contributed by atoms with Crippen molar-refractivity contribution in [1.82, 2.24) is 10.9 Å². The molecule has 0 aliphatic heterocycles. The summed E-state index contributed by atoms with van der Waals surface area (Å²) >= 11 is 0. The second-order valence-electron chi connectivity index (χ2n) is 6.89. The number of benzene rings is 3. The molecule has 0 unspecified atom stereocenters. The first-order chi connectivity index (χ1) is 15.1. The van der Waals surface area contributed by atoms with Crippen molar-refractivity contribution in [2.45, 2.75) is 13.1 Å². The summed E-state index contributed by atoms with van der Waals surface area (Å²) in [7, 11) is 0. The van der Waals surface area contributed by atoms with Gasteiger partial charge in [0, 0.05) is 22.4 Å². The van der Waals surface area contributed by atoms with Gasteiger partial charge in [0.2, 0.25) is 0 Å². The standard InChI is InChI=1S/C23H18F3N3O3/c1-14-5-2-6-15(11-14)21(31)28-29-22(32)17-8-4-10-19(13-17)27-20(30)16-7-3-9-18(12-16)23(24,25)26/h2-13H,1H3,(H,27,30)(H,28,31)(H,29,32). The van der Waals surface area contributed by atoms with E-state index in [1.54, 1.807) is 18.2 Å². The molecule has 0 aliphatic rings. The van der Waals surface area contributed by atoms with Crippen LogP contribution in [0.15, 0.2) is 72.8 Å². The number of aryl methyl sites for hydroxylation is 1. The van der Waals surface area contributed by atoms with E-state index in [9.17, 15) is 27.6 Å². The van der Waals surface area contributed by atoms with E-state index in [2.05, 4.69) is 16.2 Å². The van der Waals surface area contributed by atoms with Gasteiger partial charge in [-0.1, -0.05) is 29.8 Å². The molecule has 0 aromatic heterocycles. The maximum absolute atomic E-state index is 12.9. The molecular formula is C23H18F3N3O3. The highest BCUT2D eigenvalue weighted by Crippen LogP contribution is 2.29. The Morgan fingerprint density at radius 2 is 1.22 bits per heavy atom. The number of hydrogen-bond donors (Lipinski definition) is 3. The average Bonchev–Trinajstić information content (AvgIpc) is 2.77. The van der Waals surface area contributed by atoms with Crippen LogP contribution in [0.1, 0.15) is 42.2 Å². The second kappa shape index (κ2) is 9.34. The van der Waals surface area contributed by atoms with Gasteiger partial charge in [-0.2, -0.15) is 13.2 Å². The molecule has 3 aromatic carbocycles. The van der Waals surface area contributed by atoms with Crippen molar-refractivity contribution in [2.24, 2.45) is 0 Å². The highest BCUT2D eigenvalue weighted by Gasteiger charge is 2.30. The van der Waals surface area contributed by atoms with Crippen LogP contribution in [-0.4, -0.2) is 17.7 Å². The summed E-state index contributed by atoms with van der Waals surface area (Å²) in [6, 6.07) is 16.5. The highest BCUT2D eigenvalue weighted by atomic mass is 19.4. The number of nitrogens with one attached hydrogen (secondary N) is 3. The third kappa shape index (κ3) is 5.72. The quantitative estimate of drug-likeness (QED) is 0.527. The normalized spacial score (nSPS) is 10.9. The van der Waals surface area contributed by atoms with Crippen molar-refractivity contribution in [3.63, 3.8) is 0 Å². The molecule has 3 rings (SSSR count). The van der Waals surface area contributed by atoms with Gasteiger partial charge in [0.05, 0.1) is 5.56 Å². The van der Waals surface area contributed by atoms with Gasteiger partial charge < -0.3 is 5.32 Å². The minimum atomic E-state index is -4.57. The minimum Gasteiger partial charge on any atom is -0.322 e. The molecule has 32 heavy (non-hydrogen) atoms. The van der Waals surface area contributed by atoms with Crippen LogP contribution in [0.4, 0.5) is 18.9 Å². The van der Waals surface area contributed by atoms with Crippen LogP contribution in [0, 0.1) is 6.92 Å². The molecule has 3 N–H and O–H groups in total. The third-order valence-electron chi connectivity index (χ3n) is 4.40. The van der Waals surface area contributed by atoms with Crippen LogP contribution in [-0.2, 0) is 6.18 Å². The summed E-state index contributed by atoms with van der Waals surface area (Å²) in [6.07, 6.45) is -4.57. The first kappa shape index (κ1) is 22.5. The van der Waals surface area contributed by atoms with Gasteiger partial charge in [-0.05, 0) is 55.5 Å². The predicted molar refractivity (Wildman–Crippen MR) is 112 cm³/mol. The van der Waals surface area contributed by atoms with Gasteiger partial charge >= 0.3 is 6.18 Å². The van der Waals surface area contributed by atoms with E-state index < -0.39 is 29.5 Å². The van der Waals surface area contributed by atoms with Gasteiger partial charge in [0.1, 0.15) is 0 Å². The molecule has 0 aliphatic carbocycles. The molecule has 0 spiro atoms. The van der Waals surface area contributed by atoms with Crippen molar-refractivity contribution in [3.8, 4) is 0 Å². The predicted octanol–water partition coefficient (Wildman–Crippen LogP) is 4.34. The number of anilines is 1. The number of carbonyl (C=O) groups excluding carboxylic acids is 3. The Morgan fingerprint density at radius 1 is 0.688 bits per heavy atom. The summed E-state index contributed by atoms with van der Waals surface area (Å²) in [5.41, 5.74) is 5.02. The maximum Gasteiger partial charge on any atom is 0.416 e. The van der Waals surface area contributed by atoms with E-state index in [-0.39, 0.29) is 16.8 Å². The van der Waals surface area contributed by atoms with E-state index in [0.29, 0.717) is 5.56 Å². The zero-order valence-corrected chi connectivity index (χ0v) is 16.8. The van der Waals surface area contributed by atoms with Crippen LogP contribution in [0.2, 0.25) is 0 Å². The average molecular weight is 441 g/mol. The van der Waals surface area contributed by atoms with Crippen LogP contribution in [0.25, 0.3) is 0 Å². The fourth-order valence-electron chi connectivity index (χ4n) is 2.82. The van der Waals surface area contributed by atoms with Crippen LogP contribution < -0.4 is 16.2 Å². The molecule has 0 fully saturated rings. The Labute approximate surface area is 181 Å². The van der Waals surface area contributed by atoms with E-state index in [0.717, 1.165) is 23.8 Å². The van der Waals surface area contributed by atoms with Crippen molar-refractivity contribution in [2.75, 3.05) is 5.32 Å². The topological polar surface area (TPSA) is 87.3 Å². The van der Waals surface area contributed by atoms with E-state index in [4.69, 9.17) is 0 Å². The van der Waals surface area contributed by atoms with Gasteiger partial charge in [0.25, 0.3) is 17.7 Å². The van der Waals surface area contributed by atoms with Gasteiger partial charge in [-0.3, -0.25) is 25.2 Å². The smallest absolute Gasteiger partial charge is 0.322 e. The van der Waals surface area contributed by atoms with E-state index >= 15 is 0 Å². The molecule has 0 atom stereocenters. The summed E-state index contributed by atoms with van der Waals surface area (Å²) < 4.78 is 38.6. The minimum absolute atomic E-state index is 0.122. The molecule has 0 saturated heterocycles. The number of hydrogen-bond acceptors (Lipinski definition) is 3. The van der Waals surface area contributed by atoms with Crippen molar-refractivity contribution >= 4 is 23.4 Å². The van der Waals surface area contributed by atoms with Gasteiger partial charge in [-0.15, -0.1) is 0 Å². The SMILES string of the molecule is Cc1cccc(C(=O)NNC(=O)c2cccc(NC(=O)c3cccc(C(F)(F)F)c3)c2)c1. The lowest BCUT2D eigenvalue weighted by Crippen LogP contribution is -2.41. The van der Waals surface area contributed by atoms with Crippen molar-refractivity contribution < 1.29 is 27.6 Å². The first-order valence-corrected chi connectivity index (χ1v) is 9.39. The van der Waals surface area contributed by atoms with Gasteiger partial charge in [0.15, 0.2) is 0 Å². The first-order valence-electron chi connectivity index (χ1n) is 9.39. The van der Waals surface area contributed by atoms with Crippen LogP contribution in [0.3, 0.4) is 0 Å². The highest BCUT2D eigenvalue weighted by molar-refractivity contribution is 6.05. The zero-order valence-electron chi connectivity index (χ0n) is 16.8. The molecule has 164 valence electrons. The molecule has 3 amide bonds. The lowest BCUT2D eigenvalue weighted by atomic mass is 10.1. The second-order valence-corrected chi connectivity index (χ2v) is 6.89. The molecule has 0 radical (unpaired) electrons. The molecule has 9 heteroatoms. The third-order valence-corrected chi connectivity index (χ3v) is 4.40. The molecule has 0 heterocycles. The maximum atomic E-state index is 12.9. The summed E-state index contributed by atoms with van der Waals surface area (Å²) in [5, 5.41) is 2.46. The summed E-state index contributed by atoms with van der Waals surface area (Å²) in [4.78, 5) is 36.8. The number of halogens is 3. The monoisotopic (exact) mass is 441 g/mol. The van der Waals surface area contributed by atoms with Gasteiger partial charge in [-0.25, -0.2) is 0 Å². The van der Waals surface area contributed by atoms with Crippen LogP contribution in [0.5, 0.6) is 0 Å². The Hall–Kier alpha value is -4.14. The zero-order chi connectivity index (χ0) is 23.3. The molecule has 0 saturated carbocycles. The van der Waals surface area contributed by atoms with E-state index in [1.165, 1.54) is 30.3 Å². The Morgan fingerprint density at radius 3 is 1.81 bits per heavy atom. The number of amides is 3. The number of rotatable bonds is 4. The summed E-state index contributed by atoms with van der Waals surface area (Å²) in [5.74, 6) is -1.90. The molecular weight excluding hydrogens is 423 g/mol. The Balaban J connectivity index is 1.65. The Bertz CT molecular complexity index is 1180. The Kier molecular flexibility index (Phi) is 6.58. The molecule has 3 aromatic rings. The largest absolute Gasteiger partial charge is 0.416 e. The lowest BCUT2D eigenvalue weighted by Gasteiger charge is -2.11. The van der Waals surface area contributed by atoms with Crippen molar-refractivity contribution in [3.05, 3.63) is 101 Å². The van der Waals surface area contributed by atoms with Crippen molar-refractivity contribution in [1.29, 1.82) is 0 Å². The number of alkyl halides is 3. The summed E-state index contributed by atoms with van der Waals surface area (Å²) in [6.45, 7) is 1.83. The fourth-order valence-corrected chi connectivity index (χ4v) is 2.82. The molecule has 0 bridgehead atoms. The fraction of sp³-hybridized carbons (Fsp3) is 0.0870. The molecule has 6 nitrogen and oxygen atoms in total. The number of hydrazine groups is 1. The number of carbonyl (C=O) groups is 3. The lowest BCUT2D eigenvalue weighted by molar-refractivity contribution is -0.137. The van der Waals surface area contributed by atoms with Crippen LogP contribution >= 0.6 is 0 Å². The van der Waals surface area contributed by atoms with E-state index in [1.807, 2.05) is 13.0 Å².